The molecule has 0 radical (unpaired) electrons. The molecule has 3 aromatic carbocycles. The van der Waals surface area contributed by atoms with Gasteiger partial charge in [-0.1, -0.05) is 68.8 Å². The molecule has 1 amide bonds. The molecule has 1 N–H and O–H groups in total. The average molecular weight is 429 g/mol. The molecule has 2 aromatic heterocycles. The molecule has 0 aliphatic rings. The van der Waals surface area contributed by atoms with Gasteiger partial charge in [0.25, 0.3) is 0 Å². The predicted octanol–water partition coefficient (Wildman–Crippen LogP) is 6.34. The third-order valence-corrected chi connectivity index (χ3v) is 5.56. The number of benzene rings is 3. The van der Waals surface area contributed by atoms with Gasteiger partial charge in [0.15, 0.2) is 5.65 Å². The Hall–Kier alpha value is -3.44. The van der Waals surface area contributed by atoms with E-state index in [0.717, 1.165) is 44.4 Å². The second-order valence-electron chi connectivity index (χ2n) is 8.66. The van der Waals surface area contributed by atoms with Crippen LogP contribution in [0.25, 0.3) is 38.7 Å². The number of aromatic nitrogens is 3. The van der Waals surface area contributed by atoms with E-state index >= 15 is 0 Å². The van der Waals surface area contributed by atoms with E-state index in [-0.39, 0.29) is 5.91 Å². The van der Waals surface area contributed by atoms with Crippen molar-refractivity contribution in [2.75, 3.05) is 5.32 Å². The molecule has 6 heteroatoms. The quantitative estimate of drug-likeness (QED) is 0.357. The van der Waals surface area contributed by atoms with E-state index < -0.39 is 5.41 Å². The maximum absolute atomic E-state index is 12.4. The minimum absolute atomic E-state index is 0.0378. The largest absolute Gasteiger partial charge is 0.326 e. The number of imidazole rings is 1. The normalized spacial score (nSPS) is 12.0. The fourth-order valence-electron chi connectivity index (χ4n) is 3.60. The van der Waals surface area contributed by atoms with Crippen molar-refractivity contribution in [2.24, 2.45) is 5.41 Å². The number of carbonyl (C=O) groups is 1. The number of hydrogen-bond donors (Lipinski definition) is 1. The third kappa shape index (κ3) is 3.41. The van der Waals surface area contributed by atoms with E-state index in [2.05, 4.69) is 17.4 Å². The molecule has 0 aliphatic heterocycles. The predicted molar refractivity (Wildman–Crippen MR) is 127 cm³/mol. The molecule has 0 spiro atoms. The van der Waals surface area contributed by atoms with E-state index in [1.54, 1.807) is 0 Å². The van der Waals surface area contributed by atoms with E-state index in [9.17, 15) is 4.79 Å². The standard InChI is InChI=1S/C25H21ClN4O/c1-25(2,3)24(31)27-17-12-13-21-20(14-17)28-23-19-7-5-4-6-18(19)22(29-30(21)23)15-8-10-16(26)11-9-15/h4-14H,1-3H3,(H,27,31). The highest BCUT2D eigenvalue weighted by molar-refractivity contribution is 6.30. The van der Waals surface area contributed by atoms with Crippen LogP contribution in [0.1, 0.15) is 20.8 Å². The van der Waals surface area contributed by atoms with Crippen LogP contribution in [0.15, 0.2) is 66.7 Å². The molecule has 0 unspecified atom stereocenters. The minimum Gasteiger partial charge on any atom is -0.326 e. The summed E-state index contributed by atoms with van der Waals surface area (Å²) in [6.07, 6.45) is 0. The molecule has 154 valence electrons. The molecule has 0 aliphatic carbocycles. The Labute approximate surface area is 184 Å². The summed E-state index contributed by atoms with van der Waals surface area (Å²) in [7, 11) is 0. The smallest absolute Gasteiger partial charge is 0.229 e. The summed E-state index contributed by atoms with van der Waals surface area (Å²) in [6.45, 7) is 5.67. The van der Waals surface area contributed by atoms with Crippen LogP contribution in [0.2, 0.25) is 5.02 Å². The summed E-state index contributed by atoms with van der Waals surface area (Å²) in [5, 5.41) is 10.6. The van der Waals surface area contributed by atoms with E-state index in [4.69, 9.17) is 21.7 Å². The zero-order chi connectivity index (χ0) is 21.8. The summed E-state index contributed by atoms with van der Waals surface area (Å²) >= 11 is 6.09. The minimum atomic E-state index is -0.473. The summed E-state index contributed by atoms with van der Waals surface area (Å²) in [5.41, 5.74) is 4.53. The lowest BCUT2D eigenvalue weighted by Crippen LogP contribution is -2.27. The van der Waals surface area contributed by atoms with Crippen molar-refractivity contribution in [3.63, 3.8) is 0 Å². The zero-order valence-corrected chi connectivity index (χ0v) is 18.2. The van der Waals surface area contributed by atoms with E-state index in [1.807, 2.05) is 79.9 Å². The van der Waals surface area contributed by atoms with Gasteiger partial charge in [-0.2, -0.15) is 5.10 Å². The molecular formula is C25H21ClN4O. The van der Waals surface area contributed by atoms with Crippen molar-refractivity contribution < 1.29 is 4.79 Å². The van der Waals surface area contributed by atoms with Crippen LogP contribution >= 0.6 is 11.6 Å². The number of nitrogens with one attached hydrogen (secondary N) is 1. The van der Waals surface area contributed by atoms with Crippen molar-refractivity contribution in [3.8, 4) is 11.3 Å². The van der Waals surface area contributed by atoms with Gasteiger partial charge in [0.05, 0.1) is 16.7 Å². The highest BCUT2D eigenvalue weighted by Crippen LogP contribution is 2.32. The summed E-state index contributed by atoms with van der Waals surface area (Å²) in [5.74, 6) is -0.0378. The second-order valence-corrected chi connectivity index (χ2v) is 9.09. The molecule has 0 atom stereocenters. The number of rotatable bonds is 2. The first-order valence-electron chi connectivity index (χ1n) is 10.1. The van der Waals surface area contributed by atoms with Gasteiger partial charge in [-0.15, -0.1) is 0 Å². The highest BCUT2D eigenvalue weighted by atomic mass is 35.5. The first kappa shape index (κ1) is 19.5. The van der Waals surface area contributed by atoms with Crippen LogP contribution in [0.4, 0.5) is 5.69 Å². The Kier molecular flexibility index (Phi) is 4.45. The van der Waals surface area contributed by atoms with Crippen molar-refractivity contribution in [3.05, 3.63) is 71.8 Å². The Morgan fingerprint density at radius 2 is 1.68 bits per heavy atom. The zero-order valence-electron chi connectivity index (χ0n) is 17.5. The van der Waals surface area contributed by atoms with Crippen LogP contribution in [0, 0.1) is 5.41 Å². The lowest BCUT2D eigenvalue weighted by atomic mass is 9.95. The van der Waals surface area contributed by atoms with Gasteiger partial charge >= 0.3 is 0 Å². The first-order chi connectivity index (χ1) is 14.8. The average Bonchev–Trinajstić information content (AvgIpc) is 3.11. The molecule has 5 nitrogen and oxygen atoms in total. The molecule has 5 rings (SSSR count). The molecular weight excluding hydrogens is 408 g/mol. The maximum atomic E-state index is 12.4. The maximum Gasteiger partial charge on any atom is 0.229 e. The molecule has 0 fully saturated rings. The van der Waals surface area contributed by atoms with E-state index in [1.165, 1.54) is 0 Å². The molecule has 0 saturated carbocycles. The Bertz CT molecular complexity index is 1460. The van der Waals surface area contributed by atoms with E-state index in [0.29, 0.717) is 5.02 Å². The lowest BCUT2D eigenvalue weighted by molar-refractivity contribution is -0.123. The second kappa shape index (κ2) is 7.06. The number of halogens is 1. The lowest BCUT2D eigenvalue weighted by Gasteiger charge is -2.17. The van der Waals surface area contributed by atoms with Crippen molar-refractivity contribution >= 4 is 50.6 Å². The molecule has 0 saturated heterocycles. The Morgan fingerprint density at radius 1 is 0.968 bits per heavy atom. The number of fused-ring (bicyclic) bond motifs is 5. The number of hydrogen-bond acceptors (Lipinski definition) is 3. The topological polar surface area (TPSA) is 59.3 Å². The van der Waals surface area contributed by atoms with Gasteiger partial charge in [-0.25, -0.2) is 9.50 Å². The fourth-order valence-corrected chi connectivity index (χ4v) is 3.72. The van der Waals surface area contributed by atoms with Crippen molar-refractivity contribution in [1.82, 2.24) is 14.6 Å². The van der Waals surface area contributed by atoms with Gasteiger partial charge < -0.3 is 5.32 Å². The highest BCUT2D eigenvalue weighted by Gasteiger charge is 2.21. The summed E-state index contributed by atoms with van der Waals surface area (Å²) in [4.78, 5) is 17.2. The number of anilines is 1. The Balaban J connectivity index is 1.73. The number of nitrogens with zero attached hydrogens (tertiary/aromatic N) is 3. The van der Waals surface area contributed by atoms with Gasteiger partial charge in [0.1, 0.15) is 0 Å². The van der Waals surface area contributed by atoms with Crippen molar-refractivity contribution in [1.29, 1.82) is 0 Å². The van der Waals surface area contributed by atoms with Gasteiger partial charge in [0, 0.05) is 32.5 Å². The molecule has 0 bridgehead atoms. The summed E-state index contributed by atoms with van der Waals surface area (Å²) < 4.78 is 1.87. The Morgan fingerprint density at radius 3 is 2.39 bits per heavy atom. The van der Waals surface area contributed by atoms with Crippen LogP contribution < -0.4 is 5.32 Å². The van der Waals surface area contributed by atoms with Crippen molar-refractivity contribution in [2.45, 2.75) is 20.8 Å². The SMILES string of the molecule is CC(C)(C)C(=O)Nc1ccc2c(c1)nc1c3ccccc3c(-c3ccc(Cl)cc3)nn21. The van der Waals surface area contributed by atoms with Crippen LogP contribution in [-0.2, 0) is 4.79 Å². The third-order valence-electron chi connectivity index (χ3n) is 5.31. The molecule has 31 heavy (non-hydrogen) atoms. The van der Waals surface area contributed by atoms with Crippen LogP contribution in [-0.4, -0.2) is 20.5 Å². The monoisotopic (exact) mass is 428 g/mol. The van der Waals surface area contributed by atoms with Gasteiger partial charge in [0.2, 0.25) is 5.91 Å². The van der Waals surface area contributed by atoms with Crippen LogP contribution in [0.5, 0.6) is 0 Å². The van der Waals surface area contributed by atoms with Crippen LogP contribution in [0.3, 0.4) is 0 Å². The number of carbonyl (C=O) groups excluding carboxylic acids is 1. The molecule has 5 aromatic rings. The van der Waals surface area contributed by atoms with Gasteiger partial charge in [-0.05, 0) is 30.3 Å². The fraction of sp³-hybridized carbons (Fsp3) is 0.160. The van der Waals surface area contributed by atoms with Gasteiger partial charge in [-0.3, -0.25) is 4.79 Å². The summed E-state index contributed by atoms with van der Waals surface area (Å²) in [6, 6.07) is 21.5. The molecule has 2 heterocycles. The first-order valence-corrected chi connectivity index (χ1v) is 10.5. The number of amides is 1.